The first kappa shape index (κ1) is 67.8. The van der Waals surface area contributed by atoms with E-state index in [0.29, 0.717) is 0 Å². The maximum atomic E-state index is 4.11. The lowest BCUT2D eigenvalue weighted by Gasteiger charge is -2.44. The van der Waals surface area contributed by atoms with Crippen LogP contribution in [0.25, 0.3) is 0 Å². The molecule has 6 aliphatic carbocycles. The predicted octanol–water partition coefficient (Wildman–Crippen LogP) is 24.3. The Morgan fingerprint density at radius 1 is 0.514 bits per heavy atom. The van der Waals surface area contributed by atoms with Gasteiger partial charge in [0, 0.05) is 0 Å². The van der Waals surface area contributed by atoms with Crippen LogP contribution in [-0.2, 0) is 0 Å². The van der Waals surface area contributed by atoms with E-state index < -0.39 is 0 Å². The van der Waals surface area contributed by atoms with Crippen LogP contribution in [0.4, 0.5) is 0 Å². The molecule has 6 fully saturated rings. The molecule has 0 aromatic heterocycles. The van der Waals surface area contributed by atoms with Crippen molar-refractivity contribution in [3.05, 3.63) is 12.2 Å². The lowest BCUT2D eigenvalue weighted by atomic mass is 9.61. The average molecular weight is 980 g/mol. The van der Waals surface area contributed by atoms with E-state index in [9.17, 15) is 0 Å². The van der Waals surface area contributed by atoms with Gasteiger partial charge in [-0.2, -0.15) is 0 Å². The zero-order valence-electron chi connectivity index (χ0n) is 52.4. The second kappa shape index (κ2) is 39.2. The summed E-state index contributed by atoms with van der Waals surface area (Å²) < 4.78 is 0. The third-order valence-corrected chi connectivity index (χ3v) is 19.6. The van der Waals surface area contributed by atoms with E-state index in [4.69, 9.17) is 0 Å². The molecule has 6 saturated carbocycles. The van der Waals surface area contributed by atoms with Crippen LogP contribution in [0.1, 0.15) is 324 Å². The monoisotopic (exact) mass is 979 g/mol. The highest BCUT2D eigenvalue weighted by Crippen LogP contribution is 2.57. The summed E-state index contributed by atoms with van der Waals surface area (Å²) in [5, 5.41) is 0. The third kappa shape index (κ3) is 28.6. The van der Waals surface area contributed by atoms with Crippen molar-refractivity contribution in [2.24, 2.45) is 112 Å². The van der Waals surface area contributed by atoms with Crippen molar-refractivity contribution in [3.8, 4) is 0 Å². The first-order chi connectivity index (χ1) is 33.2. The van der Waals surface area contributed by atoms with Gasteiger partial charge in [-0.15, -0.1) is 0 Å². The Hall–Kier alpha value is -0.260. The first-order valence-corrected chi connectivity index (χ1v) is 32.9. The fourth-order valence-electron chi connectivity index (χ4n) is 15.2. The fraction of sp³-hybridized carbons (Fsp3) is 0.971. The van der Waals surface area contributed by atoms with E-state index in [1.807, 2.05) is 13.8 Å². The highest BCUT2D eigenvalue weighted by atomic mass is 14.5. The summed E-state index contributed by atoms with van der Waals surface area (Å²) in [7, 11) is 0. The topological polar surface area (TPSA) is 0 Å². The predicted molar refractivity (Wildman–Crippen MR) is 322 cm³/mol. The molecule has 13 unspecified atom stereocenters. The summed E-state index contributed by atoms with van der Waals surface area (Å²) in [5.74, 6) is 18.6. The van der Waals surface area contributed by atoms with Crippen molar-refractivity contribution < 1.29 is 0 Å². The van der Waals surface area contributed by atoms with E-state index in [2.05, 4.69) is 124 Å². The van der Waals surface area contributed by atoms with Crippen molar-refractivity contribution >= 4 is 0 Å². The van der Waals surface area contributed by atoms with Gasteiger partial charge in [-0.25, -0.2) is 0 Å². The molecule has 0 nitrogen and oxygen atoms in total. The Balaban J connectivity index is 0.000000528. The van der Waals surface area contributed by atoms with Crippen LogP contribution >= 0.6 is 0 Å². The van der Waals surface area contributed by atoms with E-state index in [-0.39, 0.29) is 0 Å². The van der Waals surface area contributed by atoms with Crippen LogP contribution in [-0.4, -0.2) is 0 Å². The van der Waals surface area contributed by atoms with E-state index >= 15 is 0 Å². The number of hydrogen-bond acceptors (Lipinski definition) is 0. The molecule has 0 bridgehead atoms. The Morgan fingerprint density at radius 2 is 1.04 bits per heavy atom. The molecule has 13 atom stereocenters. The zero-order chi connectivity index (χ0) is 52.8. The molecule has 6 aliphatic rings. The average Bonchev–Trinajstić information content (AvgIpc) is 3.64. The molecule has 0 N–H and O–H groups in total. The highest BCUT2D eigenvalue weighted by Gasteiger charge is 2.49. The van der Waals surface area contributed by atoms with Crippen LogP contribution < -0.4 is 0 Å². The van der Waals surface area contributed by atoms with Crippen LogP contribution in [0, 0.1) is 112 Å². The number of rotatable bonds is 15. The van der Waals surface area contributed by atoms with Gasteiger partial charge in [-0.05, 0) is 184 Å². The summed E-state index contributed by atoms with van der Waals surface area (Å²) in [6.07, 6.45) is 44.4. The van der Waals surface area contributed by atoms with Crippen molar-refractivity contribution in [2.75, 3.05) is 0 Å². The Kier molecular flexibility index (Phi) is 37.9. The zero-order valence-corrected chi connectivity index (χ0v) is 52.4. The molecule has 6 rings (SSSR count). The summed E-state index contributed by atoms with van der Waals surface area (Å²) >= 11 is 0. The smallest absolute Gasteiger partial charge is 0.0206 e. The van der Waals surface area contributed by atoms with Crippen molar-refractivity contribution in [1.82, 2.24) is 0 Å². The number of hydrogen-bond donors (Lipinski definition) is 0. The molecule has 0 spiro atoms. The molecular weight excluding hydrogens is 841 g/mol. The van der Waals surface area contributed by atoms with E-state index in [1.165, 1.54) is 166 Å². The lowest BCUT2D eigenvalue weighted by molar-refractivity contribution is 0.0559. The van der Waals surface area contributed by atoms with Gasteiger partial charge in [0.15, 0.2) is 0 Å². The van der Waals surface area contributed by atoms with Crippen LogP contribution in [0.5, 0.6) is 0 Å². The SMILES string of the molecule is C=C(C)C1CCC(C)CCC(C)C1.CC.CC(C)C.CC1CCCCC(CC(C)C2CCCC3C(C(C)CC4CC(C(C)C)C4)CC(C)C23)CC1.CCC1CCCCC1.CCCCCC(C)CC(C)C. The summed E-state index contributed by atoms with van der Waals surface area (Å²) in [4.78, 5) is 0. The van der Waals surface area contributed by atoms with Gasteiger partial charge < -0.3 is 0 Å². The minimum Gasteiger partial charge on any atom is -0.0999 e. The summed E-state index contributed by atoms with van der Waals surface area (Å²) in [6.45, 7) is 48.6. The molecule has 418 valence electrons. The van der Waals surface area contributed by atoms with E-state index in [0.717, 1.165) is 112 Å². The molecule has 0 aromatic rings. The first-order valence-electron chi connectivity index (χ1n) is 32.9. The maximum Gasteiger partial charge on any atom is -0.0206 e. The molecule has 0 amide bonds. The Bertz CT molecular complexity index is 1190. The lowest BCUT2D eigenvalue weighted by Crippen LogP contribution is -2.36. The van der Waals surface area contributed by atoms with Crippen LogP contribution in [0.2, 0.25) is 0 Å². The number of fused-ring (bicyclic) bond motifs is 1. The molecule has 0 heterocycles. The van der Waals surface area contributed by atoms with Gasteiger partial charge >= 0.3 is 0 Å². The molecule has 0 radical (unpaired) electrons. The largest absolute Gasteiger partial charge is 0.0999 e. The highest BCUT2D eigenvalue weighted by molar-refractivity contribution is 4.99. The van der Waals surface area contributed by atoms with Gasteiger partial charge in [0.1, 0.15) is 0 Å². The number of allylic oxidation sites excluding steroid dienone is 1. The molecule has 0 saturated heterocycles. The van der Waals surface area contributed by atoms with Gasteiger partial charge in [-0.1, -0.05) is 265 Å². The van der Waals surface area contributed by atoms with Crippen molar-refractivity contribution in [1.29, 1.82) is 0 Å². The second-order valence-electron chi connectivity index (χ2n) is 28.3. The maximum absolute atomic E-state index is 4.11. The Labute approximate surface area is 446 Å². The minimum atomic E-state index is 0.803. The third-order valence-electron chi connectivity index (χ3n) is 19.6. The number of unbranched alkanes of at least 4 members (excludes halogenated alkanes) is 2. The molecule has 0 aromatic carbocycles. The fourth-order valence-corrected chi connectivity index (χ4v) is 15.2. The molecular formula is C70H138. The van der Waals surface area contributed by atoms with Crippen molar-refractivity contribution in [3.63, 3.8) is 0 Å². The quantitative estimate of drug-likeness (QED) is 0.113. The summed E-state index contributed by atoms with van der Waals surface area (Å²) in [6, 6.07) is 0. The van der Waals surface area contributed by atoms with Gasteiger partial charge in [0.05, 0.1) is 0 Å². The van der Waals surface area contributed by atoms with Gasteiger partial charge in [0.2, 0.25) is 0 Å². The Morgan fingerprint density at radius 3 is 1.61 bits per heavy atom. The molecule has 0 aliphatic heterocycles. The normalized spacial score (nSPS) is 32.8. The van der Waals surface area contributed by atoms with Gasteiger partial charge in [-0.3, -0.25) is 0 Å². The van der Waals surface area contributed by atoms with Gasteiger partial charge in [0.25, 0.3) is 0 Å². The second-order valence-corrected chi connectivity index (χ2v) is 28.3. The molecule has 70 heavy (non-hydrogen) atoms. The standard InChI is InChI=1S/C32H58.C13H24.C11H24.C8H16.C4H10.C2H6/c1-21(2)28-19-27(20-28)17-24(5)31-18-25(6)32-29(12-9-13-30(31)32)23(4)16-26-11-8-7-10-22(3)14-15-26;1-10(2)13-8-7-11(3)5-6-12(4)9-13;1-5-6-7-8-11(4)9-10(2)3;1-2-8-6-4-3-5-7-8;1-4(2)3;1-2/h21-32H,7-20H2,1-6H3;11-13H,1,5-9H2,2-4H3;10-11H,5-9H2,1-4H3;8H,2-7H2,1H3;4H,1-3H3;1-2H3. The van der Waals surface area contributed by atoms with Crippen molar-refractivity contribution in [2.45, 2.75) is 324 Å². The minimum absolute atomic E-state index is 0.803. The van der Waals surface area contributed by atoms with E-state index in [1.54, 1.807) is 32.1 Å². The van der Waals surface area contributed by atoms with Crippen LogP contribution in [0.15, 0.2) is 12.2 Å². The molecule has 0 heteroatoms. The summed E-state index contributed by atoms with van der Waals surface area (Å²) in [5.41, 5.74) is 1.40. The van der Waals surface area contributed by atoms with Crippen LogP contribution in [0.3, 0.4) is 0 Å².